The molecule has 2 N–H and O–H groups in total. The van der Waals surface area contributed by atoms with Gasteiger partial charge in [0.2, 0.25) is 0 Å². The Kier molecular flexibility index (Phi) is 5.71. The third-order valence-electron chi connectivity index (χ3n) is 2.46. The number of ether oxygens (including phenoxy) is 1. The molecule has 3 nitrogen and oxygen atoms in total. The van der Waals surface area contributed by atoms with Crippen LogP contribution in [0, 0.1) is 5.41 Å². The van der Waals surface area contributed by atoms with Crippen LogP contribution in [0.5, 0.6) is 0 Å². The summed E-state index contributed by atoms with van der Waals surface area (Å²) in [5.74, 6) is -0.189. The second-order valence-corrected chi connectivity index (χ2v) is 3.71. The summed E-state index contributed by atoms with van der Waals surface area (Å²) in [5.41, 5.74) is 5.08. The highest BCUT2D eigenvalue weighted by atomic mass is 16.5. The summed E-state index contributed by atoms with van der Waals surface area (Å²) in [6.45, 7) is 4.37. The van der Waals surface area contributed by atoms with E-state index in [1.807, 2.05) is 6.92 Å². The largest absolute Gasteiger partial charge is 0.469 e. The number of carbonyl (C=O) groups excluding carboxylic acids is 1. The summed E-state index contributed by atoms with van der Waals surface area (Å²) < 4.78 is 4.72. The molecule has 0 aromatic carbocycles. The minimum atomic E-state index is -0.482. The lowest BCUT2D eigenvalue weighted by atomic mass is 9.85. The van der Waals surface area contributed by atoms with Crippen molar-refractivity contribution < 1.29 is 9.53 Å². The molecular weight excluding hydrogens is 166 g/mol. The molecule has 78 valence electrons. The molecule has 1 unspecified atom stereocenters. The van der Waals surface area contributed by atoms with Gasteiger partial charge in [-0.2, -0.15) is 0 Å². The molecule has 0 spiro atoms. The number of methoxy groups -OCH3 is 1. The molecule has 0 aromatic heterocycles. The van der Waals surface area contributed by atoms with Gasteiger partial charge in [-0.1, -0.05) is 26.2 Å². The van der Waals surface area contributed by atoms with Crippen LogP contribution in [0.25, 0.3) is 0 Å². The molecule has 0 amide bonds. The maximum Gasteiger partial charge on any atom is 0.312 e. The fraction of sp³-hybridized carbons (Fsp3) is 0.900. The summed E-state index contributed by atoms with van der Waals surface area (Å²) in [7, 11) is 1.41. The van der Waals surface area contributed by atoms with Crippen LogP contribution in [0.2, 0.25) is 0 Å². The first-order chi connectivity index (χ1) is 6.10. The van der Waals surface area contributed by atoms with Gasteiger partial charge >= 0.3 is 5.97 Å². The van der Waals surface area contributed by atoms with E-state index in [1.165, 1.54) is 7.11 Å². The molecule has 0 heterocycles. The molecular formula is C10H21NO2. The molecule has 0 aliphatic carbocycles. The highest BCUT2D eigenvalue weighted by Crippen LogP contribution is 2.24. The normalized spacial score (nSPS) is 15.1. The van der Waals surface area contributed by atoms with E-state index < -0.39 is 5.41 Å². The van der Waals surface area contributed by atoms with Gasteiger partial charge in [-0.3, -0.25) is 4.79 Å². The second-order valence-electron chi connectivity index (χ2n) is 3.71. The zero-order valence-electron chi connectivity index (χ0n) is 8.93. The van der Waals surface area contributed by atoms with Gasteiger partial charge in [-0.25, -0.2) is 0 Å². The molecule has 0 saturated heterocycles. The maximum absolute atomic E-state index is 11.4. The lowest BCUT2D eigenvalue weighted by Crippen LogP contribution is -2.36. The lowest BCUT2D eigenvalue weighted by Gasteiger charge is -2.24. The zero-order valence-corrected chi connectivity index (χ0v) is 8.93. The SMILES string of the molecule is CCCCCC(C)(CN)C(=O)OC. The highest BCUT2D eigenvalue weighted by Gasteiger charge is 2.31. The van der Waals surface area contributed by atoms with Crippen molar-refractivity contribution in [1.29, 1.82) is 0 Å². The number of hydrogen-bond donors (Lipinski definition) is 1. The summed E-state index contributed by atoms with van der Waals surface area (Å²) in [4.78, 5) is 11.4. The molecule has 0 aromatic rings. The molecule has 0 radical (unpaired) electrons. The average Bonchev–Trinajstić information content (AvgIpc) is 2.16. The number of carbonyl (C=O) groups is 1. The van der Waals surface area contributed by atoms with Crippen molar-refractivity contribution in [3.8, 4) is 0 Å². The van der Waals surface area contributed by atoms with Crippen LogP contribution in [0.4, 0.5) is 0 Å². The lowest BCUT2D eigenvalue weighted by molar-refractivity contribution is -0.151. The van der Waals surface area contributed by atoms with Crippen LogP contribution in [0.15, 0.2) is 0 Å². The Hall–Kier alpha value is -0.570. The summed E-state index contributed by atoms with van der Waals surface area (Å²) in [6, 6.07) is 0. The molecule has 3 heteroatoms. The zero-order chi connectivity index (χ0) is 10.3. The summed E-state index contributed by atoms with van der Waals surface area (Å²) in [6.07, 6.45) is 4.16. The first-order valence-electron chi connectivity index (χ1n) is 4.89. The standard InChI is InChI=1S/C10H21NO2/c1-4-5-6-7-10(2,8-11)9(12)13-3/h4-8,11H2,1-3H3. The van der Waals surface area contributed by atoms with Crippen molar-refractivity contribution in [3.05, 3.63) is 0 Å². The van der Waals surface area contributed by atoms with Crippen LogP contribution in [-0.2, 0) is 9.53 Å². The third kappa shape index (κ3) is 3.77. The number of hydrogen-bond acceptors (Lipinski definition) is 3. The first kappa shape index (κ1) is 12.4. The van der Waals surface area contributed by atoms with Gasteiger partial charge in [0.25, 0.3) is 0 Å². The van der Waals surface area contributed by atoms with E-state index in [0.29, 0.717) is 6.54 Å². The Labute approximate surface area is 80.6 Å². The Bertz CT molecular complexity index is 159. The third-order valence-corrected chi connectivity index (χ3v) is 2.46. The van der Waals surface area contributed by atoms with Gasteiger partial charge in [0.05, 0.1) is 12.5 Å². The van der Waals surface area contributed by atoms with Crippen LogP contribution in [0.3, 0.4) is 0 Å². The van der Waals surface area contributed by atoms with E-state index in [2.05, 4.69) is 6.92 Å². The quantitative estimate of drug-likeness (QED) is 0.508. The van der Waals surface area contributed by atoms with Gasteiger partial charge in [0.1, 0.15) is 0 Å². The minimum absolute atomic E-state index is 0.189. The van der Waals surface area contributed by atoms with Crippen LogP contribution in [-0.4, -0.2) is 19.6 Å². The number of nitrogens with two attached hydrogens (primary N) is 1. The highest BCUT2D eigenvalue weighted by molar-refractivity contribution is 5.76. The molecule has 0 aliphatic rings. The fourth-order valence-corrected chi connectivity index (χ4v) is 1.30. The van der Waals surface area contributed by atoms with Crippen molar-refractivity contribution in [1.82, 2.24) is 0 Å². The van der Waals surface area contributed by atoms with Gasteiger partial charge < -0.3 is 10.5 Å². The predicted molar refractivity (Wildman–Crippen MR) is 53.3 cm³/mol. The summed E-state index contributed by atoms with van der Waals surface area (Å²) in [5, 5.41) is 0. The first-order valence-corrected chi connectivity index (χ1v) is 4.89. The van der Waals surface area contributed by atoms with Crippen LogP contribution >= 0.6 is 0 Å². The van der Waals surface area contributed by atoms with Crippen LogP contribution in [0.1, 0.15) is 39.5 Å². The van der Waals surface area contributed by atoms with E-state index in [9.17, 15) is 4.79 Å². The van der Waals surface area contributed by atoms with Crippen molar-refractivity contribution in [2.24, 2.45) is 11.1 Å². The Morgan fingerprint density at radius 1 is 1.46 bits per heavy atom. The molecule has 0 aliphatic heterocycles. The average molecular weight is 187 g/mol. The topological polar surface area (TPSA) is 52.3 Å². The van der Waals surface area contributed by atoms with E-state index in [4.69, 9.17) is 10.5 Å². The van der Waals surface area contributed by atoms with E-state index >= 15 is 0 Å². The van der Waals surface area contributed by atoms with Crippen molar-refractivity contribution in [3.63, 3.8) is 0 Å². The predicted octanol–water partition coefficient (Wildman–Crippen LogP) is 1.70. The fourth-order valence-electron chi connectivity index (χ4n) is 1.30. The van der Waals surface area contributed by atoms with Gasteiger partial charge in [0.15, 0.2) is 0 Å². The Balaban J connectivity index is 4.03. The minimum Gasteiger partial charge on any atom is -0.469 e. The van der Waals surface area contributed by atoms with Crippen molar-refractivity contribution in [2.45, 2.75) is 39.5 Å². The number of unbranched alkanes of at least 4 members (excludes halogenated alkanes) is 2. The van der Waals surface area contributed by atoms with Crippen molar-refractivity contribution in [2.75, 3.05) is 13.7 Å². The molecule has 0 fully saturated rings. The van der Waals surface area contributed by atoms with Gasteiger partial charge in [-0.15, -0.1) is 0 Å². The molecule has 1 atom stereocenters. The summed E-state index contributed by atoms with van der Waals surface area (Å²) >= 11 is 0. The van der Waals surface area contributed by atoms with E-state index in [1.54, 1.807) is 0 Å². The number of esters is 1. The molecule has 13 heavy (non-hydrogen) atoms. The van der Waals surface area contributed by atoms with E-state index in [0.717, 1.165) is 25.7 Å². The van der Waals surface area contributed by atoms with Crippen molar-refractivity contribution >= 4 is 5.97 Å². The van der Waals surface area contributed by atoms with Gasteiger partial charge in [0, 0.05) is 6.54 Å². The smallest absolute Gasteiger partial charge is 0.312 e. The Morgan fingerprint density at radius 3 is 2.46 bits per heavy atom. The van der Waals surface area contributed by atoms with Gasteiger partial charge in [-0.05, 0) is 13.3 Å². The second kappa shape index (κ2) is 5.97. The number of rotatable bonds is 6. The monoisotopic (exact) mass is 187 g/mol. The Morgan fingerprint density at radius 2 is 2.08 bits per heavy atom. The molecule has 0 saturated carbocycles. The molecule has 0 bridgehead atoms. The maximum atomic E-state index is 11.4. The molecule has 0 rings (SSSR count). The van der Waals surface area contributed by atoms with E-state index in [-0.39, 0.29) is 5.97 Å². The van der Waals surface area contributed by atoms with Crippen LogP contribution < -0.4 is 5.73 Å².